The Balaban J connectivity index is 2.15. The first kappa shape index (κ1) is 16.1. The quantitative estimate of drug-likeness (QED) is 0.908. The highest BCUT2D eigenvalue weighted by molar-refractivity contribution is 7.18. The third-order valence-electron chi connectivity index (χ3n) is 3.72. The van der Waals surface area contributed by atoms with Crippen LogP contribution in [0.5, 0.6) is 0 Å². The van der Waals surface area contributed by atoms with Crippen LogP contribution < -0.4 is 10.6 Å². The number of thiazole rings is 1. The van der Waals surface area contributed by atoms with Gasteiger partial charge in [0, 0.05) is 26.2 Å². The molecule has 1 aliphatic heterocycles. The van der Waals surface area contributed by atoms with E-state index in [2.05, 4.69) is 23.7 Å². The standard InChI is InChI=1S/C15H26N4OS/c1-4-18(10-11(2)3)14(20)12-13(16)17-15(21-12)19-8-6-5-7-9-19/h11H,4-10,16H2,1-3H3. The summed E-state index contributed by atoms with van der Waals surface area (Å²) in [6, 6.07) is 0. The number of hydrogen-bond donors (Lipinski definition) is 1. The van der Waals surface area contributed by atoms with Crippen molar-refractivity contribution in [3.63, 3.8) is 0 Å². The molecule has 2 rings (SSSR count). The minimum absolute atomic E-state index is 0.0180. The van der Waals surface area contributed by atoms with Gasteiger partial charge in [-0.25, -0.2) is 4.98 Å². The summed E-state index contributed by atoms with van der Waals surface area (Å²) in [6.45, 7) is 9.73. The fourth-order valence-corrected chi connectivity index (χ4v) is 3.64. The second-order valence-corrected chi connectivity index (χ2v) is 6.97. The zero-order chi connectivity index (χ0) is 15.4. The number of nitrogens with zero attached hydrogens (tertiary/aromatic N) is 3. The summed E-state index contributed by atoms with van der Waals surface area (Å²) in [4.78, 5) is 21.8. The minimum Gasteiger partial charge on any atom is -0.382 e. The van der Waals surface area contributed by atoms with Crippen molar-refractivity contribution in [2.45, 2.75) is 40.0 Å². The second-order valence-electron chi connectivity index (χ2n) is 6.00. The highest BCUT2D eigenvalue weighted by Gasteiger charge is 2.24. The van der Waals surface area contributed by atoms with E-state index in [1.807, 2.05) is 11.8 Å². The lowest BCUT2D eigenvalue weighted by Gasteiger charge is -2.25. The fraction of sp³-hybridized carbons (Fsp3) is 0.733. The van der Waals surface area contributed by atoms with Gasteiger partial charge in [0.25, 0.3) is 5.91 Å². The number of anilines is 2. The Morgan fingerprint density at radius 2 is 2.05 bits per heavy atom. The number of carbonyl (C=O) groups is 1. The predicted octanol–water partition coefficient (Wildman–Crippen LogP) is 2.83. The first-order chi connectivity index (χ1) is 10.0. The average molecular weight is 310 g/mol. The molecule has 118 valence electrons. The molecule has 0 atom stereocenters. The normalized spacial score (nSPS) is 15.5. The lowest BCUT2D eigenvalue weighted by atomic mass is 10.1. The van der Waals surface area contributed by atoms with Crippen LogP contribution in [0.15, 0.2) is 0 Å². The van der Waals surface area contributed by atoms with Gasteiger partial charge in [-0.2, -0.15) is 0 Å². The smallest absolute Gasteiger partial charge is 0.267 e. The molecule has 1 aromatic rings. The number of rotatable bonds is 5. The molecule has 1 aliphatic rings. The van der Waals surface area contributed by atoms with Gasteiger partial charge in [0.2, 0.25) is 0 Å². The molecule has 2 N–H and O–H groups in total. The maximum atomic E-state index is 12.6. The van der Waals surface area contributed by atoms with E-state index in [0.29, 0.717) is 23.2 Å². The zero-order valence-electron chi connectivity index (χ0n) is 13.3. The van der Waals surface area contributed by atoms with Gasteiger partial charge >= 0.3 is 0 Å². The highest BCUT2D eigenvalue weighted by atomic mass is 32.1. The van der Waals surface area contributed by atoms with Gasteiger partial charge in [-0.05, 0) is 32.1 Å². The van der Waals surface area contributed by atoms with Crippen molar-refractivity contribution in [3.8, 4) is 0 Å². The summed E-state index contributed by atoms with van der Waals surface area (Å²) < 4.78 is 0. The Morgan fingerprint density at radius 3 is 2.62 bits per heavy atom. The van der Waals surface area contributed by atoms with E-state index in [-0.39, 0.29) is 5.91 Å². The molecule has 21 heavy (non-hydrogen) atoms. The summed E-state index contributed by atoms with van der Waals surface area (Å²) in [5.41, 5.74) is 6.00. The summed E-state index contributed by atoms with van der Waals surface area (Å²) >= 11 is 1.44. The summed E-state index contributed by atoms with van der Waals surface area (Å²) in [6.07, 6.45) is 3.66. The maximum Gasteiger partial charge on any atom is 0.267 e. The van der Waals surface area contributed by atoms with Crippen molar-refractivity contribution >= 4 is 28.2 Å². The average Bonchev–Trinajstić information content (AvgIpc) is 2.87. The third-order valence-corrected chi connectivity index (χ3v) is 4.84. The first-order valence-electron chi connectivity index (χ1n) is 7.83. The summed E-state index contributed by atoms with van der Waals surface area (Å²) in [7, 11) is 0. The first-order valence-corrected chi connectivity index (χ1v) is 8.65. The van der Waals surface area contributed by atoms with E-state index < -0.39 is 0 Å². The van der Waals surface area contributed by atoms with Gasteiger partial charge in [-0.3, -0.25) is 4.79 Å². The van der Waals surface area contributed by atoms with E-state index in [4.69, 9.17) is 5.73 Å². The van der Waals surface area contributed by atoms with Crippen molar-refractivity contribution in [2.24, 2.45) is 5.92 Å². The molecule has 6 heteroatoms. The second kappa shape index (κ2) is 7.11. The van der Waals surface area contributed by atoms with Crippen LogP contribution in [0.4, 0.5) is 10.9 Å². The molecule has 0 aromatic carbocycles. The van der Waals surface area contributed by atoms with Gasteiger partial charge in [0.05, 0.1) is 0 Å². The van der Waals surface area contributed by atoms with Crippen LogP contribution in [0.3, 0.4) is 0 Å². The molecule has 0 bridgehead atoms. The summed E-state index contributed by atoms with van der Waals surface area (Å²) in [5.74, 6) is 0.849. The molecule has 0 saturated carbocycles. The minimum atomic E-state index is 0.0180. The van der Waals surface area contributed by atoms with Gasteiger partial charge in [-0.1, -0.05) is 25.2 Å². The van der Waals surface area contributed by atoms with E-state index in [1.165, 1.54) is 30.6 Å². The number of carbonyl (C=O) groups excluding carboxylic acids is 1. The van der Waals surface area contributed by atoms with Gasteiger partial charge < -0.3 is 15.5 Å². The van der Waals surface area contributed by atoms with E-state index in [0.717, 1.165) is 24.8 Å². The van der Waals surface area contributed by atoms with E-state index >= 15 is 0 Å². The molecule has 1 fully saturated rings. The van der Waals surface area contributed by atoms with E-state index in [9.17, 15) is 4.79 Å². The Morgan fingerprint density at radius 1 is 1.38 bits per heavy atom. The Hall–Kier alpha value is -1.30. The topological polar surface area (TPSA) is 62.5 Å². The third kappa shape index (κ3) is 3.87. The van der Waals surface area contributed by atoms with Crippen LogP contribution >= 0.6 is 11.3 Å². The molecular formula is C15H26N4OS. The van der Waals surface area contributed by atoms with Crippen LogP contribution in [-0.4, -0.2) is 42.0 Å². The van der Waals surface area contributed by atoms with Gasteiger partial charge in [0.1, 0.15) is 10.7 Å². The molecule has 1 saturated heterocycles. The molecular weight excluding hydrogens is 284 g/mol. The van der Waals surface area contributed by atoms with Crippen LogP contribution in [-0.2, 0) is 0 Å². The van der Waals surface area contributed by atoms with Crippen molar-refractivity contribution < 1.29 is 4.79 Å². The van der Waals surface area contributed by atoms with Gasteiger partial charge in [0.15, 0.2) is 5.13 Å². The SMILES string of the molecule is CCN(CC(C)C)C(=O)c1sc(N2CCCCC2)nc1N. The number of hydrogen-bond acceptors (Lipinski definition) is 5. The number of nitrogens with two attached hydrogens (primary N) is 1. The zero-order valence-corrected chi connectivity index (χ0v) is 14.1. The Labute approximate surface area is 131 Å². The lowest BCUT2D eigenvalue weighted by molar-refractivity contribution is 0.0751. The number of amides is 1. The van der Waals surface area contributed by atoms with Crippen molar-refractivity contribution in [3.05, 3.63) is 4.88 Å². The van der Waals surface area contributed by atoms with Crippen molar-refractivity contribution in [2.75, 3.05) is 36.8 Å². The summed E-state index contributed by atoms with van der Waals surface area (Å²) in [5, 5.41) is 0.899. The monoisotopic (exact) mass is 310 g/mol. The molecule has 0 aliphatic carbocycles. The fourth-order valence-electron chi connectivity index (χ4n) is 2.63. The predicted molar refractivity (Wildman–Crippen MR) is 89.0 cm³/mol. The van der Waals surface area contributed by atoms with Crippen LogP contribution in [0.25, 0.3) is 0 Å². The lowest BCUT2D eigenvalue weighted by Crippen LogP contribution is -2.33. The highest BCUT2D eigenvalue weighted by Crippen LogP contribution is 2.31. The Bertz CT molecular complexity index is 480. The molecule has 0 spiro atoms. The molecule has 5 nitrogen and oxygen atoms in total. The van der Waals surface area contributed by atoms with Gasteiger partial charge in [-0.15, -0.1) is 0 Å². The molecule has 0 radical (unpaired) electrons. The van der Waals surface area contributed by atoms with Crippen LogP contribution in [0, 0.1) is 5.92 Å². The van der Waals surface area contributed by atoms with Crippen LogP contribution in [0.1, 0.15) is 49.7 Å². The largest absolute Gasteiger partial charge is 0.382 e. The maximum absolute atomic E-state index is 12.6. The Kier molecular flexibility index (Phi) is 5.45. The number of aromatic nitrogens is 1. The van der Waals surface area contributed by atoms with E-state index in [1.54, 1.807) is 0 Å². The number of piperidine rings is 1. The molecule has 1 aromatic heterocycles. The number of nitrogen functional groups attached to an aromatic ring is 1. The van der Waals surface area contributed by atoms with Crippen molar-refractivity contribution in [1.29, 1.82) is 0 Å². The molecule has 1 amide bonds. The molecule has 2 heterocycles. The molecule has 0 unspecified atom stereocenters. The van der Waals surface area contributed by atoms with Crippen LogP contribution in [0.2, 0.25) is 0 Å². The van der Waals surface area contributed by atoms with Crippen molar-refractivity contribution in [1.82, 2.24) is 9.88 Å².